The molecule has 0 spiro atoms. The molecule has 1 saturated heterocycles. The maximum Gasteiger partial charge on any atom is 0.208 e. The van der Waals surface area contributed by atoms with Gasteiger partial charge in [0, 0.05) is 30.6 Å². The number of nitrogens with one attached hydrogen (secondary N) is 1. The fourth-order valence-corrected chi connectivity index (χ4v) is 4.05. The predicted molar refractivity (Wildman–Crippen MR) is 102 cm³/mol. The van der Waals surface area contributed by atoms with Crippen LogP contribution in [0.2, 0.25) is 0 Å². The van der Waals surface area contributed by atoms with Crippen LogP contribution in [0, 0.1) is 0 Å². The summed E-state index contributed by atoms with van der Waals surface area (Å²) in [6.07, 6.45) is 2.63. The van der Waals surface area contributed by atoms with Gasteiger partial charge < -0.3 is 9.63 Å². The molecule has 1 aliphatic heterocycles. The first kappa shape index (κ1) is 22.0. The largest absolute Gasteiger partial charge is 0.395 e. The summed E-state index contributed by atoms with van der Waals surface area (Å²) in [7, 11) is -3.22. The summed E-state index contributed by atoms with van der Waals surface area (Å²) in [6, 6.07) is 1.65. The van der Waals surface area contributed by atoms with Gasteiger partial charge in [-0.3, -0.25) is 9.69 Å². The molecule has 2 heterocycles. The molecule has 2 rings (SSSR count). The van der Waals surface area contributed by atoms with Gasteiger partial charge in [-0.15, -0.1) is 0 Å². The number of likely N-dealkylation sites (tertiary alicyclic amines) is 1. The summed E-state index contributed by atoms with van der Waals surface area (Å²) in [5, 5.41) is 13.4. The van der Waals surface area contributed by atoms with Crippen LogP contribution in [0.3, 0.4) is 0 Å². The Morgan fingerprint density at radius 1 is 1.33 bits per heavy atom. The maximum atomic E-state index is 12.9. The van der Waals surface area contributed by atoms with E-state index in [1.165, 1.54) is 0 Å². The molecule has 0 amide bonds. The third kappa shape index (κ3) is 5.60. The summed E-state index contributed by atoms with van der Waals surface area (Å²) >= 11 is 0. The van der Waals surface area contributed by atoms with E-state index in [-0.39, 0.29) is 24.9 Å². The number of hydrogen-bond donors (Lipinski definition) is 2. The Bertz CT molecular complexity index is 762. The van der Waals surface area contributed by atoms with E-state index in [2.05, 4.69) is 14.8 Å². The molecule has 27 heavy (non-hydrogen) atoms. The highest BCUT2D eigenvalue weighted by Gasteiger charge is 2.37. The molecule has 154 valence electrons. The topological polar surface area (TPSA) is 113 Å². The molecule has 0 aromatic carbocycles. The lowest BCUT2D eigenvalue weighted by atomic mass is 9.88. The maximum absolute atomic E-state index is 12.9. The number of ketones is 1. The van der Waals surface area contributed by atoms with Gasteiger partial charge in [-0.25, -0.2) is 13.1 Å². The number of aliphatic hydroxyl groups is 1. The summed E-state index contributed by atoms with van der Waals surface area (Å²) < 4.78 is 30.7. The number of piperidine rings is 1. The lowest BCUT2D eigenvalue weighted by Gasteiger charge is -2.41. The molecule has 2 N–H and O–H groups in total. The molecular formula is C18H31N3O5S. The van der Waals surface area contributed by atoms with E-state index in [0.29, 0.717) is 37.4 Å². The van der Waals surface area contributed by atoms with Crippen LogP contribution < -0.4 is 4.72 Å². The second kappa shape index (κ2) is 7.98. The first-order valence-electron chi connectivity index (χ1n) is 9.18. The third-order valence-electron chi connectivity index (χ3n) is 5.33. The Hall–Kier alpha value is -1.29. The van der Waals surface area contributed by atoms with Crippen LogP contribution in [0.5, 0.6) is 0 Å². The van der Waals surface area contributed by atoms with E-state index in [1.807, 2.05) is 27.7 Å². The van der Waals surface area contributed by atoms with Gasteiger partial charge in [-0.2, -0.15) is 0 Å². The molecule has 0 aliphatic carbocycles. The van der Waals surface area contributed by atoms with E-state index in [4.69, 9.17) is 4.52 Å². The van der Waals surface area contributed by atoms with Crippen LogP contribution in [0.15, 0.2) is 10.6 Å². The normalized spacial score (nSPS) is 18.0. The summed E-state index contributed by atoms with van der Waals surface area (Å²) in [6.45, 7) is 8.71. The minimum atomic E-state index is -3.22. The molecule has 1 fully saturated rings. The number of carbonyl (C=O) groups is 1. The van der Waals surface area contributed by atoms with Gasteiger partial charge in [0.05, 0.1) is 30.5 Å². The van der Waals surface area contributed by atoms with Crippen molar-refractivity contribution in [3.8, 4) is 0 Å². The molecule has 1 aromatic rings. The predicted octanol–water partition coefficient (Wildman–Crippen LogP) is 0.848. The Labute approximate surface area is 161 Å². The van der Waals surface area contributed by atoms with Gasteiger partial charge in [0.2, 0.25) is 10.0 Å². The van der Waals surface area contributed by atoms with Gasteiger partial charge in [0.25, 0.3) is 0 Å². The standard InChI is InChI=1S/C18H31N3O5S/c1-17(2,12-22)15-10-14(26-19-15)11-16(23)18(3,4)21-8-6-13(7-9-21)20-27(5,24)25/h10,13,20,22H,6-9,11-12H2,1-5H3. The fraction of sp³-hybridized carbons (Fsp3) is 0.778. The Kier molecular flexibility index (Phi) is 6.51. The van der Waals surface area contributed by atoms with E-state index in [1.54, 1.807) is 6.07 Å². The van der Waals surface area contributed by atoms with Gasteiger partial charge in [0.1, 0.15) is 5.76 Å². The lowest BCUT2D eigenvalue weighted by Crippen LogP contribution is -2.56. The molecule has 0 saturated carbocycles. The number of aromatic nitrogens is 1. The number of sulfonamides is 1. The minimum Gasteiger partial charge on any atom is -0.395 e. The molecule has 1 aliphatic rings. The van der Waals surface area contributed by atoms with Crippen molar-refractivity contribution < 1.29 is 22.8 Å². The summed E-state index contributed by atoms with van der Waals surface area (Å²) in [5.41, 5.74) is -0.581. The average Bonchev–Trinajstić information content (AvgIpc) is 3.03. The van der Waals surface area contributed by atoms with Crippen molar-refractivity contribution in [2.45, 2.75) is 64.0 Å². The van der Waals surface area contributed by atoms with Gasteiger partial charge in [0.15, 0.2) is 5.78 Å². The van der Waals surface area contributed by atoms with Crippen molar-refractivity contribution >= 4 is 15.8 Å². The van der Waals surface area contributed by atoms with Crippen LogP contribution in [0.25, 0.3) is 0 Å². The second-order valence-corrected chi connectivity index (χ2v) is 10.3. The summed E-state index contributed by atoms with van der Waals surface area (Å²) in [4.78, 5) is 15.0. The van der Waals surface area contributed by atoms with Crippen LogP contribution in [0.4, 0.5) is 0 Å². The quantitative estimate of drug-likeness (QED) is 0.664. The van der Waals surface area contributed by atoms with Crippen molar-refractivity contribution in [3.05, 3.63) is 17.5 Å². The number of rotatable bonds is 8. The molecule has 0 radical (unpaired) electrons. The second-order valence-electron chi connectivity index (χ2n) is 8.53. The zero-order chi connectivity index (χ0) is 20.5. The number of carbonyl (C=O) groups excluding carboxylic acids is 1. The van der Waals surface area contributed by atoms with Crippen LogP contribution in [-0.2, 0) is 26.7 Å². The number of nitrogens with zero attached hydrogens (tertiary/aromatic N) is 2. The van der Waals surface area contributed by atoms with E-state index >= 15 is 0 Å². The van der Waals surface area contributed by atoms with Gasteiger partial charge in [-0.1, -0.05) is 19.0 Å². The highest BCUT2D eigenvalue weighted by Crippen LogP contribution is 2.26. The SMILES string of the molecule is CC(C)(CO)c1cc(CC(=O)C(C)(C)N2CCC(NS(C)(=O)=O)CC2)on1. The highest BCUT2D eigenvalue weighted by molar-refractivity contribution is 7.88. The first-order chi connectivity index (χ1) is 12.3. The lowest BCUT2D eigenvalue weighted by molar-refractivity contribution is -0.129. The Morgan fingerprint density at radius 2 is 1.93 bits per heavy atom. The van der Waals surface area contributed by atoms with Crippen molar-refractivity contribution in [1.29, 1.82) is 0 Å². The first-order valence-corrected chi connectivity index (χ1v) is 11.1. The fourth-order valence-electron chi connectivity index (χ4n) is 3.21. The number of hydrogen-bond acceptors (Lipinski definition) is 7. The van der Waals surface area contributed by atoms with Gasteiger partial charge in [-0.05, 0) is 26.7 Å². The van der Waals surface area contributed by atoms with Crippen LogP contribution >= 0.6 is 0 Å². The number of Topliss-reactive ketones (excluding diaryl/α,β-unsaturated/α-hetero) is 1. The minimum absolute atomic E-state index is 0.0153. The molecule has 9 heteroatoms. The van der Waals surface area contributed by atoms with E-state index in [9.17, 15) is 18.3 Å². The van der Waals surface area contributed by atoms with Crippen LogP contribution in [-0.4, -0.2) is 66.9 Å². The van der Waals surface area contributed by atoms with Crippen molar-refractivity contribution in [2.24, 2.45) is 0 Å². The van der Waals surface area contributed by atoms with Crippen molar-refractivity contribution in [1.82, 2.24) is 14.8 Å². The van der Waals surface area contributed by atoms with Gasteiger partial charge >= 0.3 is 0 Å². The van der Waals surface area contributed by atoms with Crippen molar-refractivity contribution in [3.63, 3.8) is 0 Å². The monoisotopic (exact) mass is 401 g/mol. The molecular weight excluding hydrogens is 370 g/mol. The number of aliphatic hydroxyl groups excluding tert-OH is 1. The van der Waals surface area contributed by atoms with E-state index in [0.717, 1.165) is 6.26 Å². The highest BCUT2D eigenvalue weighted by atomic mass is 32.2. The Morgan fingerprint density at radius 3 is 2.44 bits per heavy atom. The zero-order valence-electron chi connectivity index (χ0n) is 16.8. The smallest absolute Gasteiger partial charge is 0.208 e. The zero-order valence-corrected chi connectivity index (χ0v) is 17.6. The molecule has 1 aromatic heterocycles. The molecule has 8 nitrogen and oxygen atoms in total. The Balaban J connectivity index is 1.98. The average molecular weight is 402 g/mol. The molecule has 0 bridgehead atoms. The van der Waals surface area contributed by atoms with Crippen molar-refractivity contribution in [2.75, 3.05) is 26.0 Å². The molecule has 0 unspecified atom stereocenters. The van der Waals surface area contributed by atoms with Crippen LogP contribution in [0.1, 0.15) is 52.0 Å². The summed E-state index contributed by atoms with van der Waals surface area (Å²) in [5.74, 6) is 0.500. The van der Waals surface area contributed by atoms with E-state index < -0.39 is 21.0 Å². The third-order valence-corrected chi connectivity index (χ3v) is 6.09. The molecule has 0 atom stereocenters.